The molecule has 0 bridgehead atoms. The minimum atomic E-state index is -5.01. The number of nitrogens with zero attached hydrogens (tertiary/aromatic N) is 2. The molecule has 4 rings (SSSR count). The van der Waals surface area contributed by atoms with Crippen molar-refractivity contribution in [1.82, 2.24) is 9.88 Å². The van der Waals surface area contributed by atoms with Crippen LogP contribution in [0.3, 0.4) is 0 Å². The molecule has 1 aliphatic rings. The van der Waals surface area contributed by atoms with Gasteiger partial charge >= 0.3 is 18.3 Å². The maximum Gasteiger partial charge on any atom is 0.416 e. The van der Waals surface area contributed by atoms with Crippen LogP contribution in [0.1, 0.15) is 33.6 Å². The minimum absolute atomic E-state index is 0.0227. The SMILES string of the molecule is COc1cc(C(=O)O)ccc1OCCCN1C(=O)C(=Cc2cccc(-c3cc(C(F)(F)F)cc(C(F)(F)F)c3)n2)SC1=S. The second-order valence-corrected chi connectivity index (χ2v) is 10.6. The van der Waals surface area contributed by atoms with Crippen molar-refractivity contribution in [2.75, 3.05) is 20.3 Å². The zero-order chi connectivity index (χ0) is 31.5. The molecule has 2 aromatic carbocycles. The van der Waals surface area contributed by atoms with Crippen molar-refractivity contribution in [1.29, 1.82) is 0 Å². The highest BCUT2D eigenvalue weighted by atomic mass is 32.2. The van der Waals surface area contributed by atoms with Gasteiger partial charge in [0.05, 0.1) is 46.7 Å². The van der Waals surface area contributed by atoms with Crippen LogP contribution in [0.2, 0.25) is 0 Å². The zero-order valence-corrected chi connectivity index (χ0v) is 23.6. The molecule has 0 atom stereocenters. The Labute approximate surface area is 250 Å². The summed E-state index contributed by atoms with van der Waals surface area (Å²) in [4.78, 5) is 29.8. The van der Waals surface area contributed by atoms with E-state index in [4.69, 9.17) is 26.8 Å². The first-order valence-corrected chi connectivity index (χ1v) is 13.5. The van der Waals surface area contributed by atoms with E-state index in [1.54, 1.807) is 0 Å². The van der Waals surface area contributed by atoms with Gasteiger partial charge in [-0.15, -0.1) is 0 Å². The van der Waals surface area contributed by atoms with Crippen molar-refractivity contribution >= 4 is 46.3 Å². The van der Waals surface area contributed by atoms with Gasteiger partial charge in [-0.25, -0.2) is 9.78 Å². The highest BCUT2D eigenvalue weighted by molar-refractivity contribution is 8.26. The Morgan fingerprint density at radius 1 is 1.02 bits per heavy atom. The number of halogens is 6. The number of rotatable bonds is 9. The molecule has 1 saturated heterocycles. The molecule has 1 amide bonds. The van der Waals surface area contributed by atoms with Gasteiger partial charge in [0.2, 0.25) is 0 Å². The number of aromatic nitrogens is 1. The van der Waals surface area contributed by atoms with Crippen molar-refractivity contribution < 1.29 is 50.5 Å². The summed E-state index contributed by atoms with van der Waals surface area (Å²) >= 11 is 6.28. The van der Waals surface area contributed by atoms with Crippen molar-refractivity contribution in [3.05, 3.63) is 81.9 Å². The average molecular weight is 643 g/mol. The van der Waals surface area contributed by atoms with Gasteiger partial charge in [-0.1, -0.05) is 30.0 Å². The molecule has 7 nitrogen and oxygen atoms in total. The maximum atomic E-state index is 13.3. The summed E-state index contributed by atoms with van der Waals surface area (Å²) in [6, 6.07) is 9.45. The van der Waals surface area contributed by atoms with Gasteiger partial charge in [-0.3, -0.25) is 9.69 Å². The molecular formula is C28H20F6N2O5S2. The van der Waals surface area contributed by atoms with Crippen LogP contribution in [0.4, 0.5) is 26.3 Å². The molecule has 0 unspecified atom stereocenters. The molecule has 1 aromatic heterocycles. The molecule has 226 valence electrons. The number of carboxylic acids is 1. The van der Waals surface area contributed by atoms with Crippen molar-refractivity contribution in [2.45, 2.75) is 18.8 Å². The van der Waals surface area contributed by atoms with Gasteiger partial charge in [-0.2, -0.15) is 26.3 Å². The van der Waals surface area contributed by atoms with Gasteiger partial charge in [0, 0.05) is 12.1 Å². The number of benzene rings is 2. The average Bonchev–Trinajstić information content (AvgIpc) is 3.21. The van der Waals surface area contributed by atoms with Crippen LogP contribution in [-0.2, 0) is 17.1 Å². The Bertz CT molecular complexity index is 1570. The Hall–Kier alpha value is -4.11. The number of methoxy groups -OCH3 is 1. The third-order valence-electron chi connectivity index (χ3n) is 6.00. The van der Waals surface area contributed by atoms with Crippen LogP contribution in [-0.4, -0.2) is 51.4 Å². The number of aromatic carboxylic acids is 1. The van der Waals surface area contributed by atoms with Crippen molar-refractivity contribution in [3.8, 4) is 22.8 Å². The predicted molar refractivity (Wildman–Crippen MR) is 150 cm³/mol. The quantitative estimate of drug-likeness (QED) is 0.114. The number of alkyl halides is 6. The molecule has 0 spiro atoms. The number of ether oxygens (including phenoxy) is 2. The van der Waals surface area contributed by atoms with Crippen LogP contribution in [0.15, 0.2) is 59.5 Å². The number of thioether (sulfide) groups is 1. The summed E-state index contributed by atoms with van der Waals surface area (Å²) in [7, 11) is 1.37. The number of hydrogen-bond acceptors (Lipinski definition) is 7. The maximum absolute atomic E-state index is 13.3. The Balaban J connectivity index is 1.47. The highest BCUT2D eigenvalue weighted by Crippen LogP contribution is 2.39. The van der Waals surface area contributed by atoms with Crippen LogP contribution < -0.4 is 9.47 Å². The molecular weight excluding hydrogens is 622 g/mol. The normalized spacial score (nSPS) is 14.9. The van der Waals surface area contributed by atoms with E-state index in [1.165, 1.54) is 54.5 Å². The van der Waals surface area contributed by atoms with E-state index in [9.17, 15) is 35.9 Å². The van der Waals surface area contributed by atoms with E-state index in [0.29, 0.717) is 24.3 Å². The molecule has 0 saturated carbocycles. The number of thiocarbonyl (C=S) groups is 1. The zero-order valence-electron chi connectivity index (χ0n) is 22.0. The molecule has 0 radical (unpaired) electrons. The molecule has 15 heteroatoms. The fourth-order valence-electron chi connectivity index (χ4n) is 3.95. The molecule has 1 aliphatic heterocycles. The van der Waals surface area contributed by atoms with Crippen LogP contribution in [0.5, 0.6) is 11.5 Å². The molecule has 1 fully saturated rings. The van der Waals surface area contributed by atoms with E-state index in [0.717, 1.165) is 11.8 Å². The Morgan fingerprint density at radius 3 is 2.30 bits per heavy atom. The first-order valence-electron chi connectivity index (χ1n) is 12.2. The number of carboxylic acid groups (broad SMARTS) is 1. The molecule has 1 N–H and O–H groups in total. The van der Waals surface area contributed by atoms with E-state index in [1.807, 2.05) is 0 Å². The van der Waals surface area contributed by atoms with E-state index >= 15 is 0 Å². The molecule has 2 heterocycles. The Morgan fingerprint density at radius 2 is 1.70 bits per heavy atom. The van der Waals surface area contributed by atoms with Gasteiger partial charge in [0.25, 0.3) is 5.91 Å². The summed E-state index contributed by atoms with van der Waals surface area (Å²) < 4.78 is 90.9. The van der Waals surface area contributed by atoms with Crippen LogP contribution >= 0.6 is 24.0 Å². The first kappa shape index (κ1) is 31.8. The summed E-state index contributed by atoms with van der Waals surface area (Å²) in [5.41, 5.74) is -3.32. The topological polar surface area (TPSA) is 89.0 Å². The number of hydrogen-bond donors (Lipinski definition) is 1. The van der Waals surface area contributed by atoms with Crippen LogP contribution in [0.25, 0.3) is 17.3 Å². The fraction of sp³-hybridized carbons (Fsp3) is 0.214. The minimum Gasteiger partial charge on any atom is -0.493 e. The van der Waals surface area contributed by atoms with Crippen molar-refractivity contribution in [3.63, 3.8) is 0 Å². The fourth-order valence-corrected chi connectivity index (χ4v) is 5.24. The number of carbonyl (C=O) groups is 2. The lowest BCUT2D eigenvalue weighted by Crippen LogP contribution is -2.30. The molecule has 43 heavy (non-hydrogen) atoms. The second-order valence-electron chi connectivity index (χ2n) is 8.95. The summed E-state index contributed by atoms with van der Waals surface area (Å²) in [6.07, 6.45) is -8.33. The lowest BCUT2D eigenvalue weighted by atomic mass is 10.0. The highest BCUT2D eigenvalue weighted by Gasteiger charge is 2.37. The Kier molecular flexibility index (Phi) is 9.35. The summed E-state index contributed by atoms with van der Waals surface area (Å²) in [5.74, 6) is -1.04. The largest absolute Gasteiger partial charge is 0.493 e. The third kappa shape index (κ3) is 7.65. The smallest absolute Gasteiger partial charge is 0.416 e. The standard InChI is InChI=1S/C28H20F6N2O5S2/c1-40-22-12-15(25(38)39)6-7-21(22)41-9-3-8-36-24(37)23(43-26(36)42)14-19-4-2-5-20(35-19)16-10-17(27(29,30)31)13-18(11-16)28(32,33)34/h2,4-7,10-14H,3,8-9H2,1H3,(H,38,39). The first-order chi connectivity index (χ1) is 20.2. The number of pyridine rings is 1. The van der Waals surface area contributed by atoms with E-state index in [2.05, 4.69) is 4.98 Å². The van der Waals surface area contributed by atoms with Crippen molar-refractivity contribution in [2.24, 2.45) is 0 Å². The van der Waals surface area contributed by atoms with Gasteiger partial charge in [0.15, 0.2) is 11.5 Å². The van der Waals surface area contributed by atoms with E-state index < -0.39 is 35.4 Å². The molecule has 0 aliphatic carbocycles. The second kappa shape index (κ2) is 12.6. The summed E-state index contributed by atoms with van der Waals surface area (Å²) in [6.45, 7) is 0.314. The lowest BCUT2D eigenvalue weighted by molar-refractivity contribution is -0.143. The van der Waals surface area contributed by atoms with Gasteiger partial charge in [0.1, 0.15) is 4.32 Å². The van der Waals surface area contributed by atoms with Gasteiger partial charge in [-0.05, 0) is 61.0 Å². The summed E-state index contributed by atoms with van der Waals surface area (Å²) in [5, 5.41) is 9.10. The monoisotopic (exact) mass is 642 g/mol. The van der Waals surface area contributed by atoms with Gasteiger partial charge < -0.3 is 14.6 Å². The number of amides is 1. The van der Waals surface area contributed by atoms with E-state index in [-0.39, 0.29) is 56.7 Å². The molecule has 3 aromatic rings. The lowest BCUT2D eigenvalue weighted by Gasteiger charge is -2.15. The third-order valence-corrected chi connectivity index (χ3v) is 7.38. The number of carbonyl (C=O) groups excluding carboxylic acids is 1. The predicted octanol–water partition coefficient (Wildman–Crippen LogP) is 7.16. The van der Waals surface area contributed by atoms with Crippen LogP contribution in [0, 0.1) is 0 Å².